The predicted molar refractivity (Wildman–Crippen MR) is 86.4 cm³/mol. The molecule has 0 saturated carbocycles. The average Bonchev–Trinajstić information content (AvgIpc) is 3.09. The van der Waals surface area contributed by atoms with Gasteiger partial charge in [-0.2, -0.15) is 0 Å². The molecule has 0 radical (unpaired) electrons. The number of thioether (sulfide) groups is 1. The van der Waals surface area contributed by atoms with Gasteiger partial charge in [-0.3, -0.25) is 4.79 Å². The lowest BCUT2D eigenvalue weighted by molar-refractivity contribution is -0.0605. The van der Waals surface area contributed by atoms with Crippen molar-refractivity contribution in [1.29, 1.82) is 0 Å². The van der Waals surface area contributed by atoms with Gasteiger partial charge in [0.15, 0.2) is 0 Å². The molecule has 0 bridgehead atoms. The van der Waals surface area contributed by atoms with Crippen molar-refractivity contribution in [3.8, 4) is 0 Å². The van der Waals surface area contributed by atoms with Crippen LogP contribution in [-0.4, -0.2) is 51.3 Å². The fourth-order valence-corrected chi connectivity index (χ4v) is 3.95. The second kappa shape index (κ2) is 5.98. The highest BCUT2D eigenvalue weighted by molar-refractivity contribution is 7.98. The van der Waals surface area contributed by atoms with E-state index >= 15 is 0 Å². The summed E-state index contributed by atoms with van der Waals surface area (Å²) in [6, 6.07) is 7.83. The molecule has 2 atom stereocenters. The Kier molecular flexibility index (Phi) is 3.82. The van der Waals surface area contributed by atoms with Gasteiger partial charge in [0.1, 0.15) is 0 Å². The molecule has 1 saturated heterocycles. The molecule has 1 fully saturated rings. The van der Waals surface area contributed by atoms with Crippen LogP contribution < -0.4 is 0 Å². The maximum Gasteiger partial charge on any atom is 0.255 e. The van der Waals surface area contributed by atoms with Gasteiger partial charge in [-0.25, -0.2) is 4.68 Å². The Morgan fingerprint density at radius 1 is 1.39 bits per heavy atom. The molecule has 2 aliphatic rings. The number of piperidine rings is 1. The molecule has 2 aromatic rings. The molecule has 2 aliphatic heterocycles. The second-order valence-corrected chi connectivity index (χ2v) is 6.67. The van der Waals surface area contributed by atoms with E-state index in [2.05, 4.69) is 10.3 Å². The average molecular weight is 330 g/mol. The minimum absolute atomic E-state index is 0.0559. The molecule has 3 heterocycles. The van der Waals surface area contributed by atoms with Crippen molar-refractivity contribution in [2.24, 2.45) is 0 Å². The van der Waals surface area contributed by atoms with Crippen molar-refractivity contribution in [3.63, 3.8) is 0 Å². The zero-order valence-electron chi connectivity index (χ0n) is 12.9. The Balaban J connectivity index is 1.59. The summed E-state index contributed by atoms with van der Waals surface area (Å²) in [7, 11) is 0. The summed E-state index contributed by atoms with van der Waals surface area (Å²) in [6.45, 7) is 1.88. The van der Waals surface area contributed by atoms with Crippen LogP contribution in [0.3, 0.4) is 0 Å². The summed E-state index contributed by atoms with van der Waals surface area (Å²) in [6.07, 6.45) is 4.68. The van der Waals surface area contributed by atoms with Gasteiger partial charge in [0.2, 0.25) is 0 Å². The van der Waals surface area contributed by atoms with E-state index < -0.39 is 0 Å². The smallest absolute Gasteiger partial charge is 0.255 e. The Morgan fingerprint density at radius 2 is 2.26 bits per heavy atom. The minimum Gasteiger partial charge on any atom is -0.370 e. The molecule has 0 aliphatic carbocycles. The summed E-state index contributed by atoms with van der Waals surface area (Å²) in [5, 5.41) is 8.16. The summed E-state index contributed by atoms with van der Waals surface area (Å²) in [4.78, 5) is 15.9. The lowest BCUT2D eigenvalue weighted by Crippen LogP contribution is -2.50. The van der Waals surface area contributed by atoms with E-state index in [9.17, 15) is 4.79 Å². The number of rotatable bonds is 2. The molecule has 1 aromatic carbocycles. The summed E-state index contributed by atoms with van der Waals surface area (Å²) in [5.41, 5.74) is 1.75. The van der Waals surface area contributed by atoms with Gasteiger partial charge in [0, 0.05) is 18.0 Å². The van der Waals surface area contributed by atoms with Gasteiger partial charge in [-0.15, -0.1) is 16.9 Å². The number of fused-ring (bicyclic) bond motifs is 3. The molecule has 23 heavy (non-hydrogen) atoms. The third-order valence-electron chi connectivity index (χ3n) is 4.55. The molecule has 1 aromatic heterocycles. The molecule has 0 N–H and O–H groups in total. The van der Waals surface area contributed by atoms with Crippen LogP contribution in [0, 0.1) is 0 Å². The second-order valence-electron chi connectivity index (χ2n) is 5.83. The molecule has 4 rings (SSSR count). The first-order valence-corrected chi connectivity index (χ1v) is 8.93. The Bertz CT molecular complexity index is 732. The third kappa shape index (κ3) is 2.53. The van der Waals surface area contributed by atoms with Gasteiger partial charge in [-0.1, -0.05) is 17.3 Å². The van der Waals surface area contributed by atoms with E-state index in [1.54, 1.807) is 18.0 Å². The van der Waals surface area contributed by atoms with Crippen molar-refractivity contribution < 1.29 is 9.53 Å². The van der Waals surface area contributed by atoms with E-state index in [1.165, 1.54) is 0 Å². The van der Waals surface area contributed by atoms with Gasteiger partial charge >= 0.3 is 0 Å². The van der Waals surface area contributed by atoms with Crippen LogP contribution in [-0.2, 0) is 11.3 Å². The number of hydrogen-bond acceptors (Lipinski definition) is 5. The van der Waals surface area contributed by atoms with Crippen LogP contribution in [0.1, 0.15) is 28.5 Å². The van der Waals surface area contributed by atoms with Gasteiger partial charge in [0.25, 0.3) is 5.91 Å². The Morgan fingerprint density at radius 3 is 3.13 bits per heavy atom. The number of carbonyl (C=O) groups excluding carboxylic acids is 1. The first-order chi connectivity index (χ1) is 11.3. The Hall–Kier alpha value is -1.86. The zero-order valence-corrected chi connectivity index (χ0v) is 13.7. The van der Waals surface area contributed by atoms with Crippen molar-refractivity contribution in [3.05, 3.63) is 41.7 Å². The quantitative estimate of drug-likeness (QED) is 0.788. The first kappa shape index (κ1) is 14.7. The predicted octanol–water partition coefficient (Wildman–Crippen LogP) is 1.99. The lowest BCUT2D eigenvalue weighted by atomic mass is 9.99. The number of nitrogens with zero attached hydrogens (tertiary/aromatic N) is 4. The molecule has 0 unspecified atom stereocenters. The van der Waals surface area contributed by atoms with Gasteiger partial charge in [-0.05, 0) is 24.8 Å². The fourth-order valence-electron chi connectivity index (χ4n) is 3.36. The number of hydrogen-bond donors (Lipinski definition) is 0. The molecule has 0 spiro atoms. The van der Waals surface area contributed by atoms with E-state index in [0.717, 1.165) is 22.6 Å². The molecule has 1 amide bonds. The zero-order chi connectivity index (χ0) is 15.8. The maximum absolute atomic E-state index is 12.9. The molecule has 7 heteroatoms. The van der Waals surface area contributed by atoms with E-state index in [-0.39, 0.29) is 18.1 Å². The number of likely N-dealkylation sites (tertiary alicyclic amines) is 1. The molecule has 6 nitrogen and oxygen atoms in total. The summed E-state index contributed by atoms with van der Waals surface area (Å²) < 4.78 is 7.83. The van der Waals surface area contributed by atoms with Crippen LogP contribution in [0.15, 0.2) is 35.4 Å². The highest BCUT2D eigenvalue weighted by Gasteiger charge is 2.38. The molecular formula is C16H18N4O2S. The minimum atomic E-state index is 0.0559. The topological polar surface area (TPSA) is 60.3 Å². The normalized spacial score (nSPS) is 23.3. The van der Waals surface area contributed by atoms with Crippen LogP contribution in [0.5, 0.6) is 0 Å². The van der Waals surface area contributed by atoms with Crippen molar-refractivity contribution >= 4 is 17.7 Å². The highest BCUT2D eigenvalue weighted by atomic mass is 32.2. The SMILES string of the molecule is CSc1ccccc1C(=O)N1CC[C@H]2OCc3cnnn3[C@H]2C1. The molecule has 120 valence electrons. The highest BCUT2D eigenvalue weighted by Crippen LogP contribution is 2.31. The largest absolute Gasteiger partial charge is 0.370 e. The van der Waals surface area contributed by atoms with Crippen LogP contribution >= 0.6 is 11.8 Å². The maximum atomic E-state index is 12.9. The van der Waals surface area contributed by atoms with Crippen molar-refractivity contribution in [2.45, 2.75) is 30.1 Å². The van der Waals surface area contributed by atoms with Crippen molar-refractivity contribution in [1.82, 2.24) is 19.9 Å². The third-order valence-corrected chi connectivity index (χ3v) is 5.35. The van der Waals surface area contributed by atoms with Gasteiger partial charge < -0.3 is 9.64 Å². The number of ether oxygens (including phenoxy) is 1. The number of benzene rings is 1. The summed E-state index contributed by atoms with van der Waals surface area (Å²) in [5.74, 6) is 0.0839. The molecular weight excluding hydrogens is 312 g/mol. The van der Waals surface area contributed by atoms with Crippen molar-refractivity contribution in [2.75, 3.05) is 19.3 Å². The van der Waals surface area contributed by atoms with E-state index in [4.69, 9.17) is 4.74 Å². The van der Waals surface area contributed by atoms with Crippen LogP contribution in [0.25, 0.3) is 0 Å². The van der Waals surface area contributed by atoms with E-state index in [0.29, 0.717) is 19.7 Å². The standard InChI is InChI=1S/C16H18N4O2S/c1-23-15-5-3-2-4-12(15)16(21)19-7-6-14-13(9-19)20-11(10-22-14)8-17-18-20/h2-5,8,13-14H,6-7,9-10H2,1H3/t13-,14+/m0/s1. The number of amides is 1. The van der Waals surface area contributed by atoms with Gasteiger partial charge in [0.05, 0.1) is 36.2 Å². The lowest BCUT2D eigenvalue weighted by Gasteiger charge is -2.41. The first-order valence-electron chi connectivity index (χ1n) is 7.71. The monoisotopic (exact) mass is 330 g/mol. The van der Waals surface area contributed by atoms with Crippen LogP contribution in [0.2, 0.25) is 0 Å². The summed E-state index contributed by atoms with van der Waals surface area (Å²) >= 11 is 1.60. The number of aromatic nitrogens is 3. The fraction of sp³-hybridized carbons (Fsp3) is 0.438. The Labute approximate surface area is 138 Å². The van der Waals surface area contributed by atoms with Crippen LogP contribution in [0.4, 0.5) is 0 Å². The van der Waals surface area contributed by atoms with E-state index in [1.807, 2.05) is 40.1 Å². The number of carbonyl (C=O) groups is 1.